The van der Waals surface area contributed by atoms with Crippen molar-refractivity contribution in [2.24, 2.45) is 5.92 Å². The summed E-state index contributed by atoms with van der Waals surface area (Å²) in [6.45, 7) is 4.18. The van der Waals surface area contributed by atoms with Gasteiger partial charge < -0.3 is 19.9 Å². The zero-order valence-corrected chi connectivity index (χ0v) is 12.9. The van der Waals surface area contributed by atoms with Crippen molar-refractivity contribution in [3.63, 3.8) is 0 Å². The molecule has 1 aliphatic heterocycles. The smallest absolute Gasteiger partial charge is 0.171 e. The Morgan fingerprint density at radius 3 is 2.90 bits per heavy atom. The number of anilines is 1. The Labute approximate surface area is 128 Å². The molecule has 3 rings (SSSR count). The number of hydrogen-bond donors (Lipinski definition) is 2. The van der Waals surface area contributed by atoms with E-state index in [0.717, 1.165) is 12.8 Å². The van der Waals surface area contributed by atoms with Crippen molar-refractivity contribution >= 4 is 17.4 Å². The topological polar surface area (TPSA) is 76.5 Å². The second kappa shape index (κ2) is 5.68. The fourth-order valence-electron chi connectivity index (χ4n) is 3.17. The normalized spacial score (nSPS) is 31.9. The van der Waals surface area contributed by atoms with Crippen LogP contribution in [-0.4, -0.2) is 45.7 Å². The SMILES string of the molecule is CC1(C)O[C@H]2[C@H]([C@@H](O)CNc3nccnc3Cl)CC[C@H]2O1. The van der Waals surface area contributed by atoms with Gasteiger partial charge in [-0.05, 0) is 26.7 Å². The van der Waals surface area contributed by atoms with Crippen LogP contribution in [0.5, 0.6) is 0 Å². The van der Waals surface area contributed by atoms with Crippen molar-refractivity contribution in [3.05, 3.63) is 17.5 Å². The van der Waals surface area contributed by atoms with E-state index in [1.807, 2.05) is 13.8 Å². The van der Waals surface area contributed by atoms with Crippen LogP contribution < -0.4 is 5.32 Å². The molecule has 1 saturated heterocycles. The third-order valence-electron chi connectivity index (χ3n) is 4.05. The van der Waals surface area contributed by atoms with Gasteiger partial charge >= 0.3 is 0 Å². The predicted molar refractivity (Wildman–Crippen MR) is 78.1 cm³/mol. The van der Waals surface area contributed by atoms with Crippen LogP contribution in [0, 0.1) is 5.92 Å². The Morgan fingerprint density at radius 2 is 2.14 bits per heavy atom. The number of rotatable bonds is 4. The van der Waals surface area contributed by atoms with Gasteiger partial charge in [0.05, 0.1) is 18.3 Å². The first-order chi connectivity index (χ1) is 9.96. The molecule has 1 aromatic heterocycles. The number of aliphatic hydroxyl groups is 1. The zero-order valence-electron chi connectivity index (χ0n) is 12.1. The van der Waals surface area contributed by atoms with E-state index in [1.54, 1.807) is 6.20 Å². The molecule has 21 heavy (non-hydrogen) atoms. The summed E-state index contributed by atoms with van der Waals surface area (Å²) in [5.74, 6) is -0.0218. The van der Waals surface area contributed by atoms with Gasteiger partial charge in [-0.15, -0.1) is 0 Å². The quantitative estimate of drug-likeness (QED) is 0.883. The maximum atomic E-state index is 10.4. The summed E-state index contributed by atoms with van der Waals surface area (Å²) in [5.41, 5.74) is 0. The van der Waals surface area contributed by atoms with E-state index in [9.17, 15) is 5.11 Å². The lowest BCUT2D eigenvalue weighted by Gasteiger charge is -2.25. The van der Waals surface area contributed by atoms with E-state index in [1.165, 1.54) is 6.20 Å². The van der Waals surface area contributed by atoms with Crippen LogP contribution in [0.1, 0.15) is 26.7 Å². The summed E-state index contributed by atoms with van der Waals surface area (Å²) in [6, 6.07) is 0. The number of nitrogens with zero attached hydrogens (tertiary/aromatic N) is 2. The van der Waals surface area contributed by atoms with Crippen LogP contribution in [0.4, 0.5) is 5.82 Å². The minimum Gasteiger partial charge on any atom is -0.391 e. The van der Waals surface area contributed by atoms with Gasteiger partial charge in [0, 0.05) is 24.9 Å². The van der Waals surface area contributed by atoms with Gasteiger partial charge in [0.25, 0.3) is 0 Å². The van der Waals surface area contributed by atoms with Crippen LogP contribution >= 0.6 is 11.6 Å². The van der Waals surface area contributed by atoms with E-state index in [-0.39, 0.29) is 18.1 Å². The number of fused-ring (bicyclic) bond motifs is 1. The summed E-state index contributed by atoms with van der Waals surface area (Å²) >= 11 is 5.93. The Balaban J connectivity index is 1.59. The first-order valence-electron chi connectivity index (χ1n) is 7.20. The number of nitrogens with one attached hydrogen (secondary N) is 1. The average Bonchev–Trinajstić information content (AvgIpc) is 2.92. The van der Waals surface area contributed by atoms with E-state index in [0.29, 0.717) is 17.5 Å². The van der Waals surface area contributed by atoms with Crippen molar-refractivity contribution in [2.75, 3.05) is 11.9 Å². The molecule has 1 saturated carbocycles. The largest absolute Gasteiger partial charge is 0.391 e. The van der Waals surface area contributed by atoms with Gasteiger partial charge in [-0.3, -0.25) is 0 Å². The van der Waals surface area contributed by atoms with Crippen molar-refractivity contribution in [1.29, 1.82) is 0 Å². The van der Waals surface area contributed by atoms with Gasteiger partial charge in [0.15, 0.2) is 16.8 Å². The van der Waals surface area contributed by atoms with Gasteiger partial charge in [0.2, 0.25) is 0 Å². The second-order valence-electron chi connectivity index (χ2n) is 6.02. The fraction of sp³-hybridized carbons (Fsp3) is 0.714. The molecule has 1 aromatic rings. The highest BCUT2D eigenvalue weighted by Crippen LogP contribution is 2.42. The molecule has 7 heteroatoms. The molecule has 2 aliphatic rings. The highest BCUT2D eigenvalue weighted by molar-refractivity contribution is 6.31. The van der Waals surface area contributed by atoms with Gasteiger partial charge in [-0.1, -0.05) is 11.6 Å². The molecule has 0 aromatic carbocycles. The van der Waals surface area contributed by atoms with Crippen LogP contribution in [0.25, 0.3) is 0 Å². The average molecular weight is 314 g/mol. The Hall–Kier alpha value is -0.950. The van der Waals surface area contributed by atoms with E-state index in [4.69, 9.17) is 21.1 Å². The van der Waals surface area contributed by atoms with Crippen molar-refractivity contribution in [2.45, 2.75) is 50.8 Å². The van der Waals surface area contributed by atoms with Crippen LogP contribution in [0.2, 0.25) is 5.15 Å². The highest BCUT2D eigenvalue weighted by atomic mass is 35.5. The lowest BCUT2D eigenvalue weighted by atomic mass is 9.98. The van der Waals surface area contributed by atoms with Crippen molar-refractivity contribution in [1.82, 2.24) is 9.97 Å². The molecule has 2 heterocycles. The molecule has 0 radical (unpaired) electrons. The molecule has 2 fully saturated rings. The van der Waals surface area contributed by atoms with Gasteiger partial charge in [-0.2, -0.15) is 0 Å². The van der Waals surface area contributed by atoms with Crippen LogP contribution in [0.15, 0.2) is 12.4 Å². The zero-order chi connectivity index (χ0) is 15.0. The summed E-state index contributed by atoms with van der Waals surface area (Å²) < 4.78 is 11.8. The molecule has 6 nitrogen and oxygen atoms in total. The molecular weight excluding hydrogens is 294 g/mol. The molecule has 0 amide bonds. The minimum absolute atomic E-state index is 0.0471. The summed E-state index contributed by atoms with van der Waals surface area (Å²) in [4.78, 5) is 8.03. The lowest BCUT2D eigenvalue weighted by molar-refractivity contribution is -0.160. The van der Waals surface area contributed by atoms with E-state index < -0.39 is 11.9 Å². The number of aromatic nitrogens is 2. The molecule has 0 unspecified atom stereocenters. The van der Waals surface area contributed by atoms with Crippen molar-refractivity contribution in [3.8, 4) is 0 Å². The third-order valence-corrected chi connectivity index (χ3v) is 4.33. The highest BCUT2D eigenvalue weighted by Gasteiger charge is 2.50. The number of aliphatic hydroxyl groups excluding tert-OH is 1. The number of ether oxygens (including phenoxy) is 2. The summed E-state index contributed by atoms with van der Waals surface area (Å²) in [6.07, 6.45) is 4.38. The molecular formula is C14H20ClN3O3. The first kappa shape index (κ1) is 15.0. The van der Waals surface area contributed by atoms with Crippen LogP contribution in [-0.2, 0) is 9.47 Å². The predicted octanol–water partition coefficient (Wildman–Crippen LogP) is 1.83. The van der Waals surface area contributed by atoms with Gasteiger partial charge in [0.1, 0.15) is 0 Å². The molecule has 1 aliphatic carbocycles. The Bertz CT molecular complexity index is 514. The Morgan fingerprint density at radius 1 is 1.38 bits per heavy atom. The number of hydrogen-bond acceptors (Lipinski definition) is 6. The number of halogens is 1. The fourth-order valence-corrected chi connectivity index (χ4v) is 3.35. The monoisotopic (exact) mass is 313 g/mol. The molecule has 4 atom stereocenters. The van der Waals surface area contributed by atoms with E-state index >= 15 is 0 Å². The maximum absolute atomic E-state index is 10.4. The first-order valence-corrected chi connectivity index (χ1v) is 7.58. The Kier molecular flexibility index (Phi) is 4.05. The molecule has 0 bridgehead atoms. The lowest BCUT2D eigenvalue weighted by Crippen LogP contribution is -2.36. The standard InChI is InChI=1S/C14H20ClN3O3/c1-14(2)20-10-4-3-8(11(10)21-14)9(19)7-18-13-12(15)16-5-6-17-13/h5-6,8-11,19H,3-4,7H2,1-2H3,(H,17,18)/t8-,9-,10+,11-/m0/s1. The molecule has 0 spiro atoms. The van der Waals surface area contributed by atoms with Crippen molar-refractivity contribution < 1.29 is 14.6 Å². The maximum Gasteiger partial charge on any atom is 0.171 e. The minimum atomic E-state index is -0.560. The summed E-state index contributed by atoms with van der Waals surface area (Å²) in [5, 5.41) is 13.8. The van der Waals surface area contributed by atoms with Gasteiger partial charge in [-0.25, -0.2) is 9.97 Å². The van der Waals surface area contributed by atoms with Crippen LogP contribution in [0.3, 0.4) is 0 Å². The van der Waals surface area contributed by atoms with E-state index in [2.05, 4.69) is 15.3 Å². The molecule has 2 N–H and O–H groups in total. The third kappa shape index (κ3) is 3.13. The molecule has 116 valence electrons. The summed E-state index contributed by atoms with van der Waals surface area (Å²) in [7, 11) is 0. The second-order valence-corrected chi connectivity index (χ2v) is 6.38.